The fourth-order valence-corrected chi connectivity index (χ4v) is 2.33. The molecule has 0 saturated carbocycles. The number of halogens is 2. The van der Waals surface area contributed by atoms with Gasteiger partial charge in [0.1, 0.15) is 5.82 Å². The summed E-state index contributed by atoms with van der Waals surface area (Å²) < 4.78 is 13.0. The highest BCUT2D eigenvalue weighted by atomic mass is 35.5. The maximum atomic E-state index is 13.0. The van der Waals surface area contributed by atoms with Crippen LogP contribution < -0.4 is 5.32 Å². The van der Waals surface area contributed by atoms with E-state index in [9.17, 15) is 9.18 Å². The lowest BCUT2D eigenvalue weighted by molar-refractivity contribution is 0.0938. The summed E-state index contributed by atoms with van der Waals surface area (Å²) in [7, 11) is 0. The van der Waals surface area contributed by atoms with Gasteiger partial charge in [0.25, 0.3) is 5.91 Å². The molecule has 0 aliphatic carbocycles. The van der Waals surface area contributed by atoms with Crippen LogP contribution in [0.25, 0.3) is 0 Å². The monoisotopic (exact) mass is 305 g/mol. The fourth-order valence-electron chi connectivity index (χ4n) is 2.08. The zero-order valence-corrected chi connectivity index (χ0v) is 12.5. The highest BCUT2D eigenvalue weighted by molar-refractivity contribution is 6.33. The molecule has 2 aromatic rings. The molecule has 0 radical (unpaired) electrons. The summed E-state index contributed by atoms with van der Waals surface area (Å²) in [5.41, 5.74) is 1.53. The van der Waals surface area contributed by atoms with Crippen molar-refractivity contribution < 1.29 is 9.18 Å². The van der Waals surface area contributed by atoms with E-state index in [0.717, 1.165) is 18.9 Å². The first-order chi connectivity index (χ1) is 10.1. The normalized spacial score (nSPS) is 12.0. The number of carbonyl (C=O) groups is 1. The van der Waals surface area contributed by atoms with Gasteiger partial charge in [-0.2, -0.15) is 0 Å². The molecule has 1 amide bonds. The maximum Gasteiger partial charge on any atom is 0.253 e. The van der Waals surface area contributed by atoms with Gasteiger partial charge >= 0.3 is 0 Å². The molecule has 0 bridgehead atoms. The highest BCUT2D eigenvalue weighted by Crippen LogP contribution is 2.17. The Kier molecular flexibility index (Phi) is 5.34. The molecule has 0 heterocycles. The van der Waals surface area contributed by atoms with E-state index in [0.29, 0.717) is 5.56 Å². The van der Waals surface area contributed by atoms with Crippen molar-refractivity contribution >= 4 is 17.5 Å². The lowest BCUT2D eigenvalue weighted by Gasteiger charge is -2.14. The van der Waals surface area contributed by atoms with Crippen LogP contribution in [0.3, 0.4) is 0 Å². The van der Waals surface area contributed by atoms with Crippen LogP contribution >= 0.6 is 11.6 Å². The second-order valence-electron chi connectivity index (χ2n) is 5.02. The average Bonchev–Trinajstić information content (AvgIpc) is 2.46. The number of hydrogen-bond donors (Lipinski definition) is 1. The molecule has 110 valence electrons. The van der Waals surface area contributed by atoms with E-state index in [4.69, 9.17) is 11.6 Å². The number of aryl methyl sites for hydroxylation is 1. The minimum Gasteiger partial charge on any atom is -0.350 e. The predicted molar refractivity (Wildman–Crippen MR) is 83.1 cm³/mol. The summed E-state index contributed by atoms with van der Waals surface area (Å²) in [5, 5.41) is 3.01. The van der Waals surface area contributed by atoms with Gasteiger partial charge in [-0.25, -0.2) is 4.39 Å². The van der Waals surface area contributed by atoms with Crippen molar-refractivity contribution in [3.05, 3.63) is 70.5 Å². The summed E-state index contributed by atoms with van der Waals surface area (Å²) in [5.74, 6) is -0.728. The second-order valence-corrected chi connectivity index (χ2v) is 5.43. The lowest BCUT2D eigenvalue weighted by atomic mass is 10.1. The number of carbonyl (C=O) groups excluding carboxylic acids is 1. The van der Waals surface area contributed by atoms with E-state index in [-0.39, 0.29) is 17.0 Å². The molecule has 0 unspecified atom stereocenters. The number of nitrogens with one attached hydrogen (secondary N) is 1. The average molecular weight is 306 g/mol. The molecule has 0 aliphatic rings. The summed E-state index contributed by atoms with van der Waals surface area (Å²) in [4.78, 5) is 12.1. The van der Waals surface area contributed by atoms with Gasteiger partial charge in [0.15, 0.2) is 0 Å². The minimum absolute atomic E-state index is 0.0128. The van der Waals surface area contributed by atoms with Crippen LogP contribution in [0, 0.1) is 5.82 Å². The van der Waals surface area contributed by atoms with Crippen molar-refractivity contribution in [3.8, 4) is 0 Å². The smallest absolute Gasteiger partial charge is 0.253 e. The molecule has 1 atom stereocenters. The summed E-state index contributed by atoms with van der Waals surface area (Å²) in [6.07, 6.45) is 1.72. The molecular formula is C17H17ClFNO. The summed E-state index contributed by atoms with van der Waals surface area (Å²) in [6, 6.07) is 13.9. The largest absolute Gasteiger partial charge is 0.350 e. The molecule has 0 saturated heterocycles. The van der Waals surface area contributed by atoms with E-state index < -0.39 is 5.82 Å². The van der Waals surface area contributed by atoms with Gasteiger partial charge in [-0.15, -0.1) is 0 Å². The van der Waals surface area contributed by atoms with E-state index in [1.165, 1.54) is 17.7 Å². The van der Waals surface area contributed by atoms with Crippen LogP contribution in [0.4, 0.5) is 4.39 Å². The predicted octanol–water partition coefficient (Wildman–Crippen LogP) is 4.23. The van der Waals surface area contributed by atoms with Crippen molar-refractivity contribution in [1.82, 2.24) is 5.32 Å². The first-order valence-electron chi connectivity index (χ1n) is 6.86. The van der Waals surface area contributed by atoms with Crippen LogP contribution in [-0.2, 0) is 6.42 Å². The molecule has 1 N–H and O–H groups in total. The number of amides is 1. The lowest BCUT2D eigenvalue weighted by Crippen LogP contribution is -2.33. The van der Waals surface area contributed by atoms with Crippen LogP contribution in [0.2, 0.25) is 5.02 Å². The van der Waals surface area contributed by atoms with Crippen molar-refractivity contribution in [3.63, 3.8) is 0 Å². The molecule has 2 rings (SSSR count). The molecule has 4 heteroatoms. The van der Waals surface area contributed by atoms with Gasteiger partial charge in [0.05, 0.1) is 10.6 Å². The van der Waals surface area contributed by atoms with Gasteiger partial charge < -0.3 is 5.32 Å². The summed E-state index contributed by atoms with van der Waals surface area (Å²) >= 11 is 5.88. The van der Waals surface area contributed by atoms with E-state index >= 15 is 0 Å². The Morgan fingerprint density at radius 3 is 2.62 bits per heavy atom. The standard InChI is InChI=1S/C17H17ClFNO/c1-12(7-8-13-5-3-2-4-6-13)20-17(21)15-10-9-14(19)11-16(15)18/h2-6,9-12H,7-8H2,1H3,(H,20,21)/t12-/m0/s1. The van der Waals surface area contributed by atoms with Crippen molar-refractivity contribution in [2.24, 2.45) is 0 Å². The third kappa shape index (κ3) is 4.57. The Hall–Kier alpha value is -1.87. The van der Waals surface area contributed by atoms with Crippen LogP contribution in [0.15, 0.2) is 48.5 Å². The zero-order valence-electron chi connectivity index (χ0n) is 11.8. The number of rotatable bonds is 5. The quantitative estimate of drug-likeness (QED) is 0.880. The third-order valence-corrected chi connectivity index (χ3v) is 3.57. The van der Waals surface area contributed by atoms with Gasteiger partial charge in [-0.1, -0.05) is 41.9 Å². The number of hydrogen-bond acceptors (Lipinski definition) is 1. The molecule has 2 nitrogen and oxygen atoms in total. The van der Waals surface area contributed by atoms with Gasteiger partial charge in [-0.05, 0) is 43.5 Å². The molecular weight excluding hydrogens is 289 g/mol. The second kappa shape index (κ2) is 7.23. The molecule has 2 aromatic carbocycles. The first-order valence-corrected chi connectivity index (χ1v) is 7.24. The van der Waals surface area contributed by atoms with Crippen molar-refractivity contribution in [2.45, 2.75) is 25.8 Å². The SMILES string of the molecule is C[C@@H](CCc1ccccc1)NC(=O)c1ccc(F)cc1Cl. The van der Waals surface area contributed by atoms with E-state index in [1.807, 2.05) is 25.1 Å². The van der Waals surface area contributed by atoms with Crippen LogP contribution in [0.1, 0.15) is 29.3 Å². The maximum absolute atomic E-state index is 13.0. The van der Waals surface area contributed by atoms with Crippen LogP contribution in [0.5, 0.6) is 0 Å². The van der Waals surface area contributed by atoms with Crippen molar-refractivity contribution in [1.29, 1.82) is 0 Å². The van der Waals surface area contributed by atoms with E-state index in [2.05, 4.69) is 17.4 Å². The number of benzene rings is 2. The zero-order chi connectivity index (χ0) is 15.2. The topological polar surface area (TPSA) is 29.1 Å². The Labute approximate surface area is 128 Å². The Bertz CT molecular complexity index is 615. The molecule has 0 spiro atoms. The summed E-state index contributed by atoms with van der Waals surface area (Å²) in [6.45, 7) is 1.94. The fraction of sp³-hybridized carbons (Fsp3) is 0.235. The van der Waals surface area contributed by atoms with Crippen molar-refractivity contribution in [2.75, 3.05) is 0 Å². The molecule has 0 aromatic heterocycles. The highest BCUT2D eigenvalue weighted by Gasteiger charge is 2.13. The Morgan fingerprint density at radius 2 is 1.95 bits per heavy atom. The van der Waals surface area contributed by atoms with E-state index in [1.54, 1.807) is 0 Å². The molecule has 0 fully saturated rings. The van der Waals surface area contributed by atoms with Gasteiger partial charge in [0.2, 0.25) is 0 Å². The molecule has 21 heavy (non-hydrogen) atoms. The van der Waals surface area contributed by atoms with Gasteiger partial charge in [0, 0.05) is 6.04 Å². The first kappa shape index (κ1) is 15.5. The Morgan fingerprint density at radius 1 is 1.24 bits per heavy atom. The van der Waals surface area contributed by atoms with Gasteiger partial charge in [-0.3, -0.25) is 4.79 Å². The third-order valence-electron chi connectivity index (χ3n) is 3.26. The van der Waals surface area contributed by atoms with Crippen LogP contribution in [-0.4, -0.2) is 11.9 Å². The minimum atomic E-state index is -0.450. The Balaban J connectivity index is 1.90. The molecule has 0 aliphatic heterocycles.